The maximum atomic E-state index is 13.3. The van der Waals surface area contributed by atoms with Crippen molar-refractivity contribution in [2.75, 3.05) is 11.9 Å². The van der Waals surface area contributed by atoms with Gasteiger partial charge in [-0.15, -0.1) is 0 Å². The Hall–Kier alpha value is -3.72. The molecule has 1 aliphatic heterocycles. The van der Waals surface area contributed by atoms with Gasteiger partial charge < -0.3 is 15.2 Å². The Morgan fingerprint density at radius 2 is 2.06 bits per heavy atom. The highest BCUT2D eigenvalue weighted by atomic mass is 19.4. The van der Waals surface area contributed by atoms with Crippen molar-refractivity contribution in [3.05, 3.63) is 47.8 Å². The van der Waals surface area contributed by atoms with Crippen LogP contribution in [0.4, 0.5) is 23.8 Å². The maximum absolute atomic E-state index is 13.3. The minimum Gasteiger partial charge on any atom is -0.391 e. The molecular weight excluding hydrogens is 417 g/mol. The molecule has 0 unspecified atom stereocenters. The number of aromatic nitrogens is 2. The largest absolute Gasteiger partial charge is 0.424 e. The van der Waals surface area contributed by atoms with E-state index < -0.39 is 35.9 Å². The first-order chi connectivity index (χ1) is 14.5. The number of halogens is 3. The molecule has 3 heterocycles. The molecule has 2 aromatic heterocycles. The number of hydrogen-bond acceptors (Lipinski definition) is 8. The van der Waals surface area contributed by atoms with E-state index in [4.69, 9.17) is 20.5 Å². The van der Waals surface area contributed by atoms with Gasteiger partial charge in [0.15, 0.2) is 0 Å². The number of rotatable bonds is 3. The van der Waals surface area contributed by atoms with Crippen molar-refractivity contribution in [2.45, 2.75) is 31.2 Å². The summed E-state index contributed by atoms with van der Waals surface area (Å²) < 4.78 is 49.9. The molecule has 31 heavy (non-hydrogen) atoms. The van der Waals surface area contributed by atoms with Crippen LogP contribution in [-0.4, -0.2) is 40.3 Å². The van der Waals surface area contributed by atoms with Gasteiger partial charge in [0.05, 0.1) is 17.9 Å². The van der Waals surface area contributed by atoms with Crippen LogP contribution in [0.15, 0.2) is 41.5 Å². The Kier molecular flexibility index (Phi) is 5.56. The van der Waals surface area contributed by atoms with E-state index in [2.05, 4.69) is 20.3 Å². The Labute approximate surface area is 174 Å². The van der Waals surface area contributed by atoms with Gasteiger partial charge in [-0.05, 0) is 32.0 Å². The zero-order valence-corrected chi connectivity index (χ0v) is 16.4. The molecule has 9 nitrogen and oxygen atoms in total. The first-order valence-electron chi connectivity index (χ1n) is 8.86. The van der Waals surface area contributed by atoms with E-state index in [-0.39, 0.29) is 17.4 Å². The lowest BCUT2D eigenvalue weighted by Crippen LogP contribution is -2.60. The standard InChI is InChI=1S/C19H17F3N6O3/c1-17(10-30-18(2,15(24)28-17)19(20,21)22)12-4-3-5-13(26-12)27-16(29)31-14-7-6-11(8-23)9-25-14/h3-7,9H,10H2,1-2H3,(H2,24,28)(H,26,27,29)/t17-,18-/m1/s1. The number of hydrogen-bond donors (Lipinski definition) is 2. The van der Waals surface area contributed by atoms with Gasteiger partial charge in [0.1, 0.15) is 23.3 Å². The summed E-state index contributed by atoms with van der Waals surface area (Å²) in [6.45, 7) is 1.89. The van der Waals surface area contributed by atoms with Crippen LogP contribution in [0.5, 0.6) is 5.88 Å². The zero-order valence-electron chi connectivity index (χ0n) is 16.4. The molecule has 1 amide bonds. The Morgan fingerprint density at radius 3 is 2.65 bits per heavy atom. The van der Waals surface area contributed by atoms with Gasteiger partial charge in [-0.25, -0.2) is 14.8 Å². The summed E-state index contributed by atoms with van der Waals surface area (Å²) in [4.78, 5) is 24.1. The highest BCUT2D eigenvalue weighted by Gasteiger charge is 2.59. The number of amidine groups is 1. The number of nitriles is 1. The Bertz CT molecular complexity index is 1070. The molecule has 0 aliphatic carbocycles. The number of nitrogens with one attached hydrogen (secondary N) is 1. The van der Waals surface area contributed by atoms with E-state index in [1.807, 2.05) is 6.07 Å². The summed E-state index contributed by atoms with van der Waals surface area (Å²) in [6.07, 6.45) is -4.40. The first kappa shape index (κ1) is 22.0. The third-order valence-electron chi connectivity index (χ3n) is 4.63. The van der Waals surface area contributed by atoms with Gasteiger partial charge >= 0.3 is 12.3 Å². The number of amides is 1. The van der Waals surface area contributed by atoms with Gasteiger partial charge in [-0.3, -0.25) is 10.3 Å². The van der Waals surface area contributed by atoms with Gasteiger partial charge in [-0.1, -0.05) is 6.07 Å². The molecule has 0 saturated heterocycles. The Morgan fingerprint density at radius 1 is 1.32 bits per heavy atom. The number of nitrogens with two attached hydrogens (primary N) is 1. The van der Waals surface area contributed by atoms with Crippen molar-refractivity contribution in [3.63, 3.8) is 0 Å². The average molecular weight is 434 g/mol. The topological polar surface area (TPSA) is 136 Å². The number of alkyl halides is 3. The predicted octanol–water partition coefficient (Wildman–Crippen LogP) is 2.88. The number of pyridine rings is 2. The summed E-state index contributed by atoms with van der Waals surface area (Å²) in [7, 11) is 0. The van der Waals surface area contributed by atoms with Gasteiger partial charge in [0.2, 0.25) is 11.5 Å². The number of ether oxygens (including phenoxy) is 2. The van der Waals surface area contributed by atoms with Gasteiger partial charge in [0, 0.05) is 12.3 Å². The molecule has 0 radical (unpaired) electrons. The SMILES string of the molecule is C[C@]1(c2cccc(NC(=O)Oc3ccc(C#N)cn3)n2)CO[C@@](C)(C(F)(F)F)C(N)=N1. The molecule has 162 valence electrons. The van der Waals surface area contributed by atoms with Crippen LogP contribution in [0.3, 0.4) is 0 Å². The molecule has 0 bridgehead atoms. The Balaban J connectivity index is 1.77. The number of anilines is 1. The number of nitrogens with zero attached hydrogens (tertiary/aromatic N) is 4. The molecule has 12 heteroatoms. The fraction of sp³-hybridized carbons (Fsp3) is 0.316. The monoisotopic (exact) mass is 434 g/mol. The van der Waals surface area contributed by atoms with E-state index >= 15 is 0 Å². The lowest BCUT2D eigenvalue weighted by Gasteiger charge is -2.40. The highest BCUT2D eigenvalue weighted by Crippen LogP contribution is 2.40. The van der Waals surface area contributed by atoms with Gasteiger partial charge in [-0.2, -0.15) is 18.4 Å². The lowest BCUT2D eigenvalue weighted by molar-refractivity contribution is -0.249. The molecule has 3 N–H and O–H groups in total. The summed E-state index contributed by atoms with van der Waals surface area (Å²) in [5, 5.41) is 11.1. The van der Waals surface area contributed by atoms with Crippen LogP contribution in [0.25, 0.3) is 0 Å². The number of aliphatic imine (C=N–C) groups is 1. The fourth-order valence-corrected chi connectivity index (χ4v) is 2.66. The summed E-state index contributed by atoms with van der Waals surface area (Å²) >= 11 is 0. The van der Waals surface area contributed by atoms with E-state index in [0.29, 0.717) is 5.56 Å². The molecule has 0 aromatic carbocycles. The third-order valence-corrected chi connectivity index (χ3v) is 4.63. The quantitative estimate of drug-likeness (QED) is 0.758. The molecule has 0 spiro atoms. The second-order valence-corrected chi connectivity index (χ2v) is 7.01. The second kappa shape index (κ2) is 7.84. The highest BCUT2D eigenvalue weighted by molar-refractivity contribution is 5.90. The van der Waals surface area contributed by atoms with Crippen LogP contribution >= 0.6 is 0 Å². The minimum absolute atomic E-state index is 0.0379. The molecule has 0 saturated carbocycles. The van der Waals surface area contributed by atoms with Gasteiger partial charge in [0.25, 0.3) is 0 Å². The molecule has 2 aromatic rings. The molecular formula is C19H17F3N6O3. The number of carbonyl (C=O) groups excluding carboxylic acids is 1. The van der Waals surface area contributed by atoms with Crippen molar-refractivity contribution in [3.8, 4) is 11.9 Å². The van der Waals surface area contributed by atoms with E-state index in [1.54, 1.807) is 0 Å². The smallest absolute Gasteiger partial charge is 0.391 e. The fourth-order valence-electron chi connectivity index (χ4n) is 2.66. The minimum atomic E-state index is -4.73. The second-order valence-electron chi connectivity index (χ2n) is 7.01. The molecule has 1 aliphatic rings. The first-order valence-corrected chi connectivity index (χ1v) is 8.86. The van der Waals surface area contributed by atoms with Crippen molar-refractivity contribution in [2.24, 2.45) is 10.7 Å². The van der Waals surface area contributed by atoms with Crippen molar-refractivity contribution in [1.82, 2.24) is 9.97 Å². The molecule has 0 fully saturated rings. The van der Waals surface area contributed by atoms with E-state index in [9.17, 15) is 18.0 Å². The maximum Gasteiger partial charge on any atom is 0.424 e. The van der Waals surface area contributed by atoms with Crippen LogP contribution < -0.4 is 15.8 Å². The predicted molar refractivity (Wildman–Crippen MR) is 102 cm³/mol. The van der Waals surface area contributed by atoms with Crippen LogP contribution in [0.1, 0.15) is 25.1 Å². The summed E-state index contributed by atoms with van der Waals surface area (Å²) in [6, 6.07) is 9.17. The summed E-state index contributed by atoms with van der Waals surface area (Å²) in [5.74, 6) is -0.695. The third kappa shape index (κ3) is 4.41. The number of carbonyl (C=O) groups is 1. The van der Waals surface area contributed by atoms with Crippen molar-refractivity contribution < 1.29 is 27.4 Å². The lowest BCUT2D eigenvalue weighted by atomic mass is 9.93. The van der Waals surface area contributed by atoms with Crippen LogP contribution in [0.2, 0.25) is 0 Å². The average Bonchev–Trinajstić information content (AvgIpc) is 2.71. The molecule has 2 atom stereocenters. The van der Waals surface area contributed by atoms with E-state index in [1.165, 1.54) is 43.5 Å². The van der Waals surface area contributed by atoms with Crippen LogP contribution in [0, 0.1) is 11.3 Å². The van der Waals surface area contributed by atoms with Crippen molar-refractivity contribution in [1.29, 1.82) is 5.26 Å². The zero-order chi connectivity index (χ0) is 22.9. The van der Waals surface area contributed by atoms with Crippen LogP contribution in [-0.2, 0) is 10.3 Å². The summed E-state index contributed by atoms with van der Waals surface area (Å²) in [5.41, 5.74) is 2.13. The molecule has 3 rings (SSSR count). The normalized spacial score (nSPS) is 23.4. The van der Waals surface area contributed by atoms with E-state index in [0.717, 1.165) is 6.92 Å². The van der Waals surface area contributed by atoms with Crippen molar-refractivity contribution >= 4 is 17.7 Å².